The fourth-order valence-electron chi connectivity index (χ4n) is 4.76. The molecule has 0 fully saturated rings. The van der Waals surface area contributed by atoms with Gasteiger partial charge >= 0.3 is 5.97 Å². The van der Waals surface area contributed by atoms with Crippen LogP contribution in [0.15, 0.2) is 12.2 Å². The van der Waals surface area contributed by atoms with Crippen molar-refractivity contribution in [2.45, 2.75) is 159 Å². The molecule has 206 valence electrons. The lowest BCUT2D eigenvalue weighted by Crippen LogP contribution is -2.37. The van der Waals surface area contributed by atoms with Crippen molar-refractivity contribution in [2.24, 2.45) is 0 Å². The molecule has 1 aliphatic heterocycles. The SMILES string of the molecule is CCCCCCCCCCCCCCCC(O)CC(O)CC(O)CC(O)C[C@@H]1OC(=O)C=C[C@@H]1O. The van der Waals surface area contributed by atoms with Crippen molar-refractivity contribution in [3.8, 4) is 0 Å². The molecule has 0 radical (unpaired) electrons. The molecule has 5 N–H and O–H groups in total. The number of aliphatic hydroxyl groups excluding tert-OH is 5. The summed E-state index contributed by atoms with van der Waals surface area (Å²) in [7, 11) is 0. The third-order valence-electron chi connectivity index (χ3n) is 6.86. The molecular weight excluding hydrogens is 448 g/mol. The highest BCUT2D eigenvalue weighted by atomic mass is 16.6. The fraction of sp³-hybridized carbons (Fsp3) is 0.893. The normalized spacial score (nSPS) is 21.5. The zero-order valence-corrected chi connectivity index (χ0v) is 21.9. The fourth-order valence-corrected chi connectivity index (χ4v) is 4.76. The van der Waals surface area contributed by atoms with Gasteiger partial charge in [-0.1, -0.05) is 90.4 Å². The number of rotatable bonds is 22. The molecule has 1 aliphatic rings. The van der Waals surface area contributed by atoms with Crippen molar-refractivity contribution in [2.75, 3.05) is 0 Å². The molecule has 0 amide bonds. The van der Waals surface area contributed by atoms with E-state index < -0.39 is 42.6 Å². The topological polar surface area (TPSA) is 127 Å². The lowest BCUT2D eigenvalue weighted by atomic mass is 9.96. The zero-order valence-electron chi connectivity index (χ0n) is 21.9. The summed E-state index contributed by atoms with van der Waals surface area (Å²) >= 11 is 0. The first kappa shape index (κ1) is 32.0. The lowest BCUT2D eigenvalue weighted by molar-refractivity contribution is -0.151. The third kappa shape index (κ3) is 17.2. The molecule has 0 aromatic carbocycles. The molecule has 0 bridgehead atoms. The Morgan fingerprint density at radius 1 is 0.714 bits per heavy atom. The van der Waals surface area contributed by atoms with Crippen molar-refractivity contribution >= 4 is 5.97 Å². The van der Waals surface area contributed by atoms with Gasteiger partial charge in [0.25, 0.3) is 0 Å². The van der Waals surface area contributed by atoms with Crippen molar-refractivity contribution in [3.63, 3.8) is 0 Å². The van der Waals surface area contributed by atoms with Gasteiger partial charge in [0.1, 0.15) is 12.2 Å². The van der Waals surface area contributed by atoms with Gasteiger partial charge in [-0.2, -0.15) is 0 Å². The second-order valence-electron chi connectivity index (χ2n) is 10.4. The summed E-state index contributed by atoms with van der Waals surface area (Å²) < 4.78 is 4.98. The van der Waals surface area contributed by atoms with Gasteiger partial charge in [-0.05, 0) is 31.8 Å². The number of hydrogen-bond acceptors (Lipinski definition) is 7. The smallest absolute Gasteiger partial charge is 0.330 e. The van der Waals surface area contributed by atoms with Crippen LogP contribution >= 0.6 is 0 Å². The van der Waals surface area contributed by atoms with E-state index in [9.17, 15) is 30.3 Å². The molecule has 0 spiro atoms. The average Bonchev–Trinajstić information content (AvgIpc) is 2.79. The first-order valence-corrected chi connectivity index (χ1v) is 14.1. The molecule has 0 saturated carbocycles. The molecule has 7 heteroatoms. The highest BCUT2D eigenvalue weighted by Gasteiger charge is 2.28. The van der Waals surface area contributed by atoms with Crippen LogP contribution in [0.25, 0.3) is 0 Å². The van der Waals surface area contributed by atoms with Gasteiger partial charge in [-0.15, -0.1) is 0 Å². The molecule has 4 unspecified atom stereocenters. The van der Waals surface area contributed by atoms with E-state index in [4.69, 9.17) is 4.74 Å². The maximum atomic E-state index is 11.3. The van der Waals surface area contributed by atoms with Crippen molar-refractivity contribution in [1.29, 1.82) is 0 Å². The van der Waals surface area contributed by atoms with Crippen LogP contribution in [-0.4, -0.2) is 68.1 Å². The van der Waals surface area contributed by atoms with Gasteiger partial charge < -0.3 is 30.3 Å². The molecule has 6 atom stereocenters. The van der Waals surface area contributed by atoms with E-state index in [-0.39, 0.29) is 25.7 Å². The monoisotopic (exact) mass is 500 g/mol. The molecule has 0 aliphatic carbocycles. The van der Waals surface area contributed by atoms with Crippen molar-refractivity contribution < 1.29 is 35.1 Å². The van der Waals surface area contributed by atoms with Crippen LogP contribution < -0.4 is 0 Å². The van der Waals surface area contributed by atoms with Gasteiger partial charge in [-0.25, -0.2) is 4.79 Å². The van der Waals surface area contributed by atoms with Crippen LogP contribution in [0.5, 0.6) is 0 Å². The van der Waals surface area contributed by atoms with E-state index >= 15 is 0 Å². The number of aliphatic hydroxyl groups is 5. The van der Waals surface area contributed by atoms with Gasteiger partial charge in [0.2, 0.25) is 0 Å². The van der Waals surface area contributed by atoms with Crippen LogP contribution in [0, 0.1) is 0 Å². The summed E-state index contributed by atoms with van der Waals surface area (Å²) in [5.41, 5.74) is 0. The Bertz CT molecular complexity index is 553. The molecule has 0 aromatic rings. The number of hydrogen-bond donors (Lipinski definition) is 5. The molecular formula is C28H52O7. The van der Waals surface area contributed by atoms with Crippen LogP contribution in [0.4, 0.5) is 0 Å². The quantitative estimate of drug-likeness (QED) is 0.111. The molecule has 1 heterocycles. The van der Waals surface area contributed by atoms with Crippen LogP contribution in [0.3, 0.4) is 0 Å². The summed E-state index contributed by atoms with van der Waals surface area (Å²) in [6.07, 6.45) is 14.8. The number of esters is 1. The molecule has 7 nitrogen and oxygen atoms in total. The number of carbonyl (C=O) groups is 1. The second-order valence-corrected chi connectivity index (χ2v) is 10.4. The largest absolute Gasteiger partial charge is 0.456 e. The summed E-state index contributed by atoms with van der Waals surface area (Å²) in [4.78, 5) is 11.3. The first-order chi connectivity index (χ1) is 16.8. The summed E-state index contributed by atoms with van der Waals surface area (Å²) in [5.74, 6) is -0.569. The van der Waals surface area contributed by atoms with Gasteiger partial charge in [-0.3, -0.25) is 0 Å². The van der Waals surface area contributed by atoms with E-state index in [1.165, 1.54) is 76.7 Å². The lowest BCUT2D eigenvalue weighted by Gasteiger charge is -2.27. The van der Waals surface area contributed by atoms with Crippen LogP contribution in [0.1, 0.15) is 122 Å². The average molecular weight is 501 g/mol. The highest BCUT2D eigenvalue weighted by molar-refractivity contribution is 5.83. The third-order valence-corrected chi connectivity index (χ3v) is 6.86. The van der Waals surface area contributed by atoms with Crippen LogP contribution in [0.2, 0.25) is 0 Å². The Kier molecular flexibility index (Phi) is 18.4. The number of unbranched alkanes of at least 4 members (excludes halogenated alkanes) is 12. The van der Waals surface area contributed by atoms with Crippen LogP contribution in [-0.2, 0) is 9.53 Å². The maximum absolute atomic E-state index is 11.3. The van der Waals surface area contributed by atoms with E-state index in [0.717, 1.165) is 18.9 Å². The summed E-state index contributed by atoms with van der Waals surface area (Å²) in [6, 6.07) is 0. The minimum absolute atomic E-state index is 0.00348. The Hall–Kier alpha value is -0.990. The standard InChI is InChI=1S/C28H52O7/c1-2-3-4-5-6-7-8-9-10-11-12-13-14-15-22(29)18-23(30)19-24(31)20-25(32)21-27-26(33)16-17-28(34)35-27/h16-17,22-27,29-33H,2-15,18-21H2,1H3/t22?,23?,24?,25?,26-,27-/m0/s1. The molecule has 0 saturated heterocycles. The molecule has 35 heavy (non-hydrogen) atoms. The second kappa shape index (κ2) is 20.1. The van der Waals surface area contributed by atoms with Crippen molar-refractivity contribution in [3.05, 3.63) is 12.2 Å². The number of cyclic esters (lactones) is 1. The summed E-state index contributed by atoms with van der Waals surface area (Å²) in [5, 5.41) is 50.5. The van der Waals surface area contributed by atoms with E-state index in [2.05, 4.69) is 6.92 Å². The summed E-state index contributed by atoms with van der Waals surface area (Å²) in [6.45, 7) is 2.25. The number of carbonyl (C=O) groups excluding carboxylic acids is 1. The Morgan fingerprint density at radius 2 is 1.17 bits per heavy atom. The first-order valence-electron chi connectivity index (χ1n) is 14.1. The predicted molar refractivity (Wildman–Crippen MR) is 138 cm³/mol. The zero-order chi connectivity index (χ0) is 25.9. The maximum Gasteiger partial charge on any atom is 0.330 e. The van der Waals surface area contributed by atoms with E-state index in [0.29, 0.717) is 6.42 Å². The van der Waals surface area contributed by atoms with E-state index in [1.807, 2.05) is 0 Å². The minimum Gasteiger partial charge on any atom is -0.456 e. The Morgan fingerprint density at radius 3 is 1.71 bits per heavy atom. The van der Waals surface area contributed by atoms with E-state index in [1.54, 1.807) is 0 Å². The Labute approximate surface area is 212 Å². The number of ether oxygens (including phenoxy) is 1. The molecule has 1 rings (SSSR count). The van der Waals surface area contributed by atoms with Crippen molar-refractivity contribution in [1.82, 2.24) is 0 Å². The predicted octanol–water partition coefficient (Wildman–Crippen LogP) is 4.31. The van der Waals surface area contributed by atoms with Gasteiger partial charge in [0, 0.05) is 12.5 Å². The molecule has 0 aromatic heterocycles. The highest BCUT2D eigenvalue weighted by Crippen LogP contribution is 2.19. The van der Waals surface area contributed by atoms with Gasteiger partial charge in [0.05, 0.1) is 24.4 Å². The van der Waals surface area contributed by atoms with Gasteiger partial charge in [0.15, 0.2) is 0 Å². The minimum atomic E-state index is -0.981. The Balaban J connectivity index is 2.00.